The van der Waals surface area contributed by atoms with E-state index in [1.807, 2.05) is 79.7 Å². The Morgan fingerprint density at radius 2 is 1.45 bits per heavy atom. The van der Waals surface area contributed by atoms with Crippen molar-refractivity contribution in [3.05, 3.63) is 102 Å². The van der Waals surface area contributed by atoms with Crippen LogP contribution in [0.1, 0.15) is 49.3 Å². The number of benzene rings is 3. The Labute approximate surface area is 239 Å². The number of nitrogens with zero attached hydrogens (tertiary/aromatic N) is 2. The van der Waals surface area contributed by atoms with Crippen LogP contribution in [0, 0.1) is 6.92 Å². The summed E-state index contributed by atoms with van der Waals surface area (Å²) in [6, 6.07) is 25.9. The Morgan fingerprint density at radius 1 is 0.850 bits per heavy atom. The Balaban J connectivity index is 1.84. The number of anilines is 1. The first kappa shape index (κ1) is 30.9. The van der Waals surface area contributed by atoms with Crippen LogP contribution in [0.2, 0.25) is 0 Å². The van der Waals surface area contributed by atoms with Crippen LogP contribution in [-0.2, 0) is 32.6 Å². The predicted octanol–water partition coefficient (Wildman–Crippen LogP) is 5.10. The molecule has 1 atom stereocenters. The highest BCUT2D eigenvalue weighted by Gasteiger charge is 2.30. The molecule has 0 aliphatic carbocycles. The average molecular weight is 564 g/mol. The molecule has 0 radical (unpaired) electrons. The summed E-state index contributed by atoms with van der Waals surface area (Å²) in [7, 11) is -3.54. The molecule has 0 saturated carbocycles. The molecule has 214 valence electrons. The molecule has 0 spiro atoms. The molecule has 3 aromatic rings. The summed E-state index contributed by atoms with van der Waals surface area (Å²) in [5.74, 6) is -0.369. The van der Waals surface area contributed by atoms with Crippen LogP contribution in [0.5, 0.6) is 0 Å². The molecule has 1 unspecified atom stereocenters. The molecule has 40 heavy (non-hydrogen) atoms. The third kappa shape index (κ3) is 9.52. The Hall–Kier alpha value is -3.65. The van der Waals surface area contributed by atoms with E-state index in [4.69, 9.17) is 0 Å². The molecule has 0 saturated heterocycles. The van der Waals surface area contributed by atoms with Crippen molar-refractivity contribution in [1.82, 2.24) is 10.2 Å². The Bertz CT molecular complexity index is 1310. The maximum absolute atomic E-state index is 13.8. The number of carbonyl (C=O) groups excluding carboxylic acids is 2. The minimum Gasteiger partial charge on any atom is -0.354 e. The molecule has 0 aliphatic heterocycles. The van der Waals surface area contributed by atoms with Gasteiger partial charge in [-0.25, -0.2) is 8.42 Å². The van der Waals surface area contributed by atoms with Gasteiger partial charge >= 0.3 is 0 Å². The van der Waals surface area contributed by atoms with Crippen molar-refractivity contribution in [2.75, 3.05) is 23.7 Å². The van der Waals surface area contributed by atoms with E-state index >= 15 is 0 Å². The van der Waals surface area contributed by atoms with Crippen LogP contribution in [0.15, 0.2) is 84.9 Å². The average Bonchev–Trinajstić information content (AvgIpc) is 2.94. The molecule has 0 aromatic heterocycles. The van der Waals surface area contributed by atoms with Gasteiger partial charge in [0, 0.05) is 32.5 Å². The van der Waals surface area contributed by atoms with E-state index < -0.39 is 16.1 Å². The first-order chi connectivity index (χ1) is 19.2. The number of aryl methyl sites for hydroxylation is 1. The molecule has 7 nitrogen and oxygen atoms in total. The van der Waals surface area contributed by atoms with Gasteiger partial charge in [-0.1, -0.05) is 91.7 Å². The smallest absolute Gasteiger partial charge is 0.243 e. The second kappa shape index (κ2) is 15.2. The second-order valence-electron chi connectivity index (χ2n) is 10.1. The largest absolute Gasteiger partial charge is 0.354 e. The van der Waals surface area contributed by atoms with E-state index in [9.17, 15) is 18.0 Å². The van der Waals surface area contributed by atoms with Crippen molar-refractivity contribution in [2.45, 2.75) is 58.5 Å². The first-order valence-corrected chi connectivity index (χ1v) is 15.7. The van der Waals surface area contributed by atoms with E-state index in [1.165, 1.54) is 10.6 Å². The Morgan fingerprint density at radius 3 is 2.02 bits per heavy atom. The highest BCUT2D eigenvalue weighted by atomic mass is 32.2. The van der Waals surface area contributed by atoms with Gasteiger partial charge in [0.05, 0.1) is 11.9 Å². The van der Waals surface area contributed by atoms with E-state index in [0.717, 1.165) is 29.5 Å². The molecule has 0 fully saturated rings. The molecule has 0 aliphatic rings. The predicted molar refractivity (Wildman–Crippen MR) is 161 cm³/mol. The fourth-order valence-corrected chi connectivity index (χ4v) is 5.52. The third-order valence-electron chi connectivity index (χ3n) is 6.77. The highest BCUT2D eigenvalue weighted by molar-refractivity contribution is 7.92. The van der Waals surface area contributed by atoms with Crippen molar-refractivity contribution in [1.29, 1.82) is 0 Å². The number of hydrogen-bond acceptors (Lipinski definition) is 4. The van der Waals surface area contributed by atoms with E-state index in [2.05, 4.69) is 12.2 Å². The van der Waals surface area contributed by atoms with Crippen LogP contribution < -0.4 is 9.62 Å². The SMILES string of the molecule is CCCCNC(=O)C(Cc1ccccc1)N(Cc1ccccc1)C(=O)CCCN(c1ccc(C)cc1)S(C)(=O)=O. The highest BCUT2D eigenvalue weighted by Crippen LogP contribution is 2.20. The lowest BCUT2D eigenvalue weighted by Crippen LogP contribution is -2.50. The normalized spacial score (nSPS) is 12.0. The fraction of sp³-hybridized carbons (Fsp3) is 0.375. The van der Waals surface area contributed by atoms with Gasteiger partial charge < -0.3 is 10.2 Å². The van der Waals surface area contributed by atoms with Gasteiger partial charge in [0.25, 0.3) is 0 Å². The van der Waals surface area contributed by atoms with Crippen molar-refractivity contribution < 1.29 is 18.0 Å². The quantitative estimate of drug-likeness (QED) is 0.261. The summed E-state index contributed by atoms with van der Waals surface area (Å²) in [5.41, 5.74) is 3.49. The first-order valence-electron chi connectivity index (χ1n) is 13.9. The summed E-state index contributed by atoms with van der Waals surface area (Å²) in [6.07, 6.45) is 3.80. The van der Waals surface area contributed by atoms with Gasteiger partial charge in [0.1, 0.15) is 6.04 Å². The number of unbranched alkanes of at least 4 members (excludes halogenated alkanes) is 1. The van der Waals surface area contributed by atoms with Crippen molar-refractivity contribution >= 4 is 27.5 Å². The maximum Gasteiger partial charge on any atom is 0.243 e. The van der Waals surface area contributed by atoms with Crippen LogP contribution in [0.25, 0.3) is 0 Å². The van der Waals surface area contributed by atoms with E-state index in [-0.39, 0.29) is 31.3 Å². The summed E-state index contributed by atoms with van der Waals surface area (Å²) < 4.78 is 26.5. The number of nitrogens with one attached hydrogen (secondary N) is 1. The van der Waals surface area contributed by atoms with Crippen molar-refractivity contribution in [3.8, 4) is 0 Å². The summed E-state index contributed by atoms with van der Waals surface area (Å²) in [5, 5.41) is 3.02. The Kier molecular flexibility index (Phi) is 11.8. The summed E-state index contributed by atoms with van der Waals surface area (Å²) >= 11 is 0. The molecule has 3 rings (SSSR count). The molecule has 3 aromatic carbocycles. The zero-order valence-electron chi connectivity index (χ0n) is 23.8. The number of carbonyl (C=O) groups is 2. The second-order valence-corrected chi connectivity index (χ2v) is 12.0. The number of sulfonamides is 1. The summed E-state index contributed by atoms with van der Waals surface area (Å²) in [6.45, 7) is 5.01. The number of hydrogen-bond donors (Lipinski definition) is 1. The van der Waals surface area contributed by atoms with Gasteiger partial charge in [0.15, 0.2) is 0 Å². The monoisotopic (exact) mass is 563 g/mol. The molecular formula is C32H41N3O4S. The lowest BCUT2D eigenvalue weighted by Gasteiger charge is -2.32. The van der Waals surface area contributed by atoms with Crippen molar-refractivity contribution in [3.63, 3.8) is 0 Å². The van der Waals surface area contributed by atoms with Gasteiger partial charge in [-0.15, -0.1) is 0 Å². The van der Waals surface area contributed by atoms with Crippen LogP contribution in [-0.4, -0.2) is 50.5 Å². The standard InChI is InChI=1S/C32H41N3O4S/c1-4-5-22-33-32(37)30(24-27-13-8-6-9-14-27)34(25-28-15-10-7-11-16-28)31(36)17-12-23-35(40(3,38)39)29-20-18-26(2)19-21-29/h6-11,13-16,18-21,30H,4-5,12,17,22-25H2,1-3H3,(H,33,37). The maximum atomic E-state index is 13.8. The minimum atomic E-state index is -3.54. The van der Waals surface area contributed by atoms with E-state index in [0.29, 0.717) is 25.1 Å². The zero-order chi connectivity index (χ0) is 29.0. The molecule has 1 N–H and O–H groups in total. The van der Waals surface area contributed by atoms with Gasteiger partial charge in [-0.05, 0) is 43.0 Å². The third-order valence-corrected chi connectivity index (χ3v) is 7.96. The van der Waals surface area contributed by atoms with Crippen LogP contribution in [0.3, 0.4) is 0 Å². The molecule has 8 heteroatoms. The zero-order valence-corrected chi connectivity index (χ0v) is 24.6. The van der Waals surface area contributed by atoms with Crippen LogP contribution in [0.4, 0.5) is 5.69 Å². The fourth-order valence-electron chi connectivity index (χ4n) is 4.56. The molecule has 0 bridgehead atoms. The molecule has 2 amide bonds. The van der Waals surface area contributed by atoms with Crippen LogP contribution >= 0.6 is 0 Å². The topological polar surface area (TPSA) is 86.8 Å². The minimum absolute atomic E-state index is 0.109. The number of amides is 2. The summed E-state index contributed by atoms with van der Waals surface area (Å²) in [4.78, 5) is 28.9. The lowest BCUT2D eigenvalue weighted by molar-refractivity contribution is -0.141. The molecule has 0 heterocycles. The molecular weight excluding hydrogens is 522 g/mol. The van der Waals surface area contributed by atoms with Gasteiger partial charge in [-0.3, -0.25) is 13.9 Å². The van der Waals surface area contributed by atoms with E-state index in [1.54, 1.807) is 17.0 Å². The lowest BCUT2D eigenvalue weighted by atomic mass is 10.0. The van der Waals surface area contributed by atoms with Gasteiger partial charge in [0.2, 0.25) is 21.8 Å². The van der Waals surface area contributed by atoms with Gasteiger partial charge in [-0.2, -0.15) is 0 Å². The van der Waals surface area contributed by atoms with Crippen molar-refractivity contribution in [2.24, 2.45) is 0 Å². The number of rotatable bonds is 15.